The average molecular weight is 189 g/mol. The lowest BCUT2D eigenvalue weighted by Crippen LogP contribution is -2.18. The molecule has 66 valence electrons. The van der Waals surface area contributed by atoms with Crippen LogP contribution < -0.4 is 0 Å². The predicted molar refractivity (Wildman–Crippen MR) is 46.6 cm³/mol. The molecule has 12 heavy (non-hydrogen) atoms. The molecule has 1 amide bonds. The van der Waals surface area contributed by atoms with Crippen LogP contribution in [0.25, 0.3) is 5.41 Å². The fourth-order valence-electron chi connectivity index (χ4n) is 0.437. The number of likely N-dealkylation sites (N-methyl/N-ethyl adjacent to an activating group) is 1. The fraction of sp³-hybridized carbons (Fsp3) is 0.429. The third-order valence-corrected chi connectivity index (χ3v) is 1.25. The van der Waals surface area contributed by atoms with Crippen LogP contribution >= 0.6 is 11.6 Å². The summed E-state index contributed by atoms with van der Waals surface area (Å²) in [6.45, 7) is 2.24. The van der Waals surface area contributed by atoms with E-state index >= 15 is 0 Å². The summed E-state index contributed by atoms with van der Waals surface area (Å²) < 4.78 is 5.92. The third kappa shape index (κ3) is 3.32. The van der Waals surface area contributed by atoms with Gasteiger partial charge in [0.2, 0.25) is 0 Å². The van der Waals surface area contributed by atoms with Crippen LogP contribution in [0.5, 0.6) is 0 Å². The Morgan fingerprint density at radius 3 is 2.83 bits per heavy atom. The first-order valence-corrected chi connectivity index (χ1v) is 3.66. The van der Waals surface area contributed by atoms with Crippen molar-refractivity contribution in [3.05, 3.63) is 10.4 Å². The second-order valence-electron chi connectivity index (χ2n) is 1.90. The largest absolute Gasteiger partial charge is 0.762 e. The van der Waals surface area contributed by atoms with E-state index in [1.807, 2.05) is 0 Å². The zero-order valence-electron chi connectivity index (χ0n) is 6.87. The molecule has 0 rings (SSSR count). The normalized spacial score (nSPS) is 10.4. The van der Waals surface area contributed by atoms with E-state index < -0.39 is 5.91 Å². The molecule has 0 unspecified atom stereocenters. The smallest absolute Gasteiger partial charge is 0.439 e. The first-order valence-electron chi connectivity index (χ1n) is 3.28. The highest BCUT2D eigenvalue weighted by Crippen LogP contribution is 1.96. The van der Waals surface area contributed by atoms with E-state index in [9.17, 15) is 4.79 Å². The Morgan fingerprint density at radius 1 is 1.83 bits per heavy atom. The zero-order chi connectivity index (χ0) is 9.56. The fourth-order valence-corrected chi connectivity index (χ4v) is 0.570. The molecule has 0 atom stereocenters. The van der Waals surface area contributed by atoms with Crippen molar-refractivity contribution in [2.24, 2.45) is 0 Å². The van der Waals surface area contributed by atoms with Gasteiger partial charge < -0.3 is 10.1 Å². The molecular weight excluding hydrogens is 180 g/mol. The van der Waals surface area contributed by atoms with E-state index in [4.69, 9.17) is 21.7 Å². The standard InChI is InChI=1S/C7H9ClN2O2/c1-3-12-5-10(2)7(11)6(8)4-9/h5H,3H2,1-2H3. The van der Waals surface area contributed by atoms with Crippen molar-refractivity contribution in [2.75, 3.05) is 13.7 Å². The Balaban J connectivity index is 4.39. The van der Waals surface area contributed by atoms with Gasteiger partial charge in [-0.2, -0.15) is 0 Å². The van der Waals surface area contributed by atoms with Crippen LogP contribution in [-0.4, -0.2) is 36.4 Å². The van der Waals surface area contributed by atoms with Gasteiger partial charge in [0, 0.05) is 0 Å². The molecule has 0 radical (unpaired) electrons. The Morgan fingerprint density at radius 2 is 2.42 bits per heavy atom. The minimum absolute atomic E-state index is 0.381. The van der Waals surface area contributed by atoms with Crippen LogP contribution in [0.3, 0.4) is 0 Å². The Bertz CT molecular complexity index is 254. The summed E-state index contributed by atoms with van der Waals surface area (Å²) in [7, 11) is 1.46. The maximum atomic E-state index is 11.0. The molecule has 0 aromatic rings. The van der Waals surface area contributed by atoms with Gasteiger partial charge in [-0.25, -0.2) is 10.7 Å². The highest BCUT2D eigenvalue weighted by molar-refractivity contribution is 6.45. The van der Waals surface area contributed by atoms with Gasteiger partial charge in [0.1, 0.15) is 7.05 Å². The monoisotopic (exact) mass is 188 g/mol. The van der Waals surface area contributed by atoms with Gasteiger partial charge in [0.05, 0.1) is 6.61 Å². The highest BCUT2D eigenvalue weighted by Gasteiger charge is 2.15. The minimum Gasteiger partial charge on any atom is -0.762 e. The minimum atomic E-state index is -0.576. The maximum Gasteiger partial charge on any atom is 0.439 e. The number of nitrogens with zero attached hydrogens (tertiary/aromatic N) is 2. The van der Waals surface area contributed by atoms with Crippen molar-refractivity contribution >= 4 is 29.8 Å². The lowest BCUT2D eigenvalue weighted by molar-refractivity contribution is -0.417. The summed E-state index contributed by atoms with van der Waals surface area (Å²) in [5, 5.41) is 7.88. The Kier molecular flexibility index (Phi) is 5.00. The molecule has 0 aliphatic rings. The van der Waals surface area contributed by atoms with E-state index in [0.29, 0.717) is 6.61 Å². The molecule has 0 bridgehead atoms. The Hall–Kier alpha value is -1.12. The molecule has 0 saturated carbocycles. The molecule has 0 fully saturated rings. The van der Waals surface area contributed by atoms with E-state index in [2.05, 4.69) is 0 Å². The van der Waals surface area contributed by atoms with Crippen LogP contribution in [0.2, 0.25) is 0 Å². The molecule has 0 saturated heterocycles. The van der Waals surface area contributed by atoms with Crippen molar-refractivity contribution in [2.45, 2.75) is 6.92 Å². The van der Waals surface area contributed by atoms with E-state index in [1.165, 1.54) is 19.3 Å². The number of ether oxygens (including phenoxy) is 1. The first kappa shape index (κ1) is 10.9. The lowest BCUT2D eigenvalue weighted by Gasteiger charge is -1.93. The van der Waals surface area contributed by atoms with Gasteiger partial charge in [-0.3, -0.25) is 0 Å². The first-order chi connectivity index (χ1) is 5.63. The molecule has 0 heterocycles. The summed E-state index contributed by atoms with van der Waals surface area (Å²) in [5.41, 5.74) is 0. The number of carbonyl (C=O) groups excluding carboxylic acids is 1. The van der Waals surface area contributed by atoms with E-state index in [1.54, 1.807) is 6.92 Å². The molecule has 0 aliphatic carbocycles. The van der Waals surface area contributed by atoms with Crippen LogP contribution in [-0.2, 0) is 9.53 Å². The highest BCUT2D eigenvalue weighted by atomic mass is 35.5. The summed E-state index contributed by atoms with van der Waals surface area (Å²) >= 11 is 5.28. The number of hydrogen-bond donors (Lipinski definition) is 0. The van der Waals surface area contributed by atoms with Crippen molar-refractivity contribution in [3.63, 3.8) is 0 Å². The number of rotatable bonds is 3. The molecule has 0 aromatic heterocycles. The average Bonchev–Trinajstić information content (AvgIpc) is 2.11. The Labute approximate surface area is 75.6 Å². The molecular formula is C7H9ClN2O2. The quantitative estimate of drug-likeness (QED) is 0.282. The molecule has 0 aromatic carbocycles. The van der Waals surface area contributed by atoms with Crippen LogP contribution in [0, 0.1) is 0 Å². The van der Waals surface area contributed by atoms with Crippen LogP contribution in [0.1, 0.15) is 6.92 Å². The van der Waals surface area contributed by atoms with Gasteiger partial charge >= 0.3 is 12.3 Å². The molecule has 5 heteroatoms. The van der Waals surface area contributed by atoms with Crippen molar-refractivity contribution < 1.29 is 14.1 Å². The van der Waals surface area contributed by atoms with Crippen LogP contribution in [0.15, 0.2) is 5.03 Å². The number of amides is 1. The second kappa shape index (κ2) is 5.52. The van der Waals surface area contributed by atoms with Crippen molar-refractivity contribution in [3.8, 4) is 0 Å². The van der Waals surface area contributed by atoms with Crippen molar-refractivity contribution in [1.82, 2.24) is 0 Å². The van der Waals surface area contributed by atoms with E-state index in [0.717, 1.165) is 4.58 Å². The number of halogens is 1. The van der Waals surface area contributed by atoms with Gasteiger partial charge in [0.15, 0.2) is 5.03 Å². The van der Waals surface area contributed by atoms with Gasteiger partial charge in [-0.1, -0.05) is 11.6 Å². The second-order valence-corrected chi connectivity index (χ2v) is 2.28. The summed E-state index contributed by atoms with van der Waals surface area (Å²) in [6.07, 6.45) is 1.21. The lowest BCUT2D eigenvalue weighted by atomic mass is 10.5. The topological polar surface area (TPSA) is 51.6 Å². The third-order valence-electron chi connectivity index (χ3n) is 1.01. The number of hydrogen-bond acceptors (Lipinski definition) is 2. The molecule has 0 aliphatic heterocycles. The molecule has 0 spiro atoms. The predicted octanol–water partition coefficient (Wildman–Crippen LogP) is 0.582. The maximum absolute atomic E-state index is 11.0. The van der Waals surface area contributed by atoms with Gasteiger partial charge in [-0.15, -0.1) is 4.58 Å². The SMILES string of the molecule is CCOC=[N+](C)C(=O)C(Cl)=C=[N-]. The van der Waals surface area contributed by atoms with Gasteiger partial charge in [-0.05, 0) is 6.92 Å². The molecule has 4 nitrogen and oxygen atoms in total. The van der Waals surface area contributed by atoms with Crippen molar-refractivity contribution in [1.29, 1.82) is 0 Å². The summed E-state index contributed by atoms with van der Waals surface area (Å²) in [6, 6.07) is 0. The summed E-state index contributed by atoms with van der Waals surface area (Å²) in [4.78, 5) is 11.0. The molecule has 0 N–H and O–H groups in total. The summed E-state index contributed by atoms with van der Waals surface area (Å²) in [5.74, 6) is 0.961. The van der Waals surface area contributed by atoms with Crippen LogP contribution in [0.4, 0.5) is 0 Å². The number of carbonyl (C=O) groups is 1. The van der Waals surface area contributed by atoms with E-state index in [-0.39, 0.29) is 5.03 Å². The van der Waals surface area contributed by atoms with Gasteiger partial charge in [0.25, 0.3) is 0 Å². The zero-order valence-corrected chi connectivity index (χ0v) is 7.63.